The molecule has 2 heteroatoms. The van der Waals surface area contributed by atoms with Crippen LogP contribution >= 0.6 is 0 Å². The minimum absolute atomic E-state index is 0.423. The van der Waals surface area contributed by atoms with Gasteiger partial charge in [0.05, 0.1) is 6.61 Å². The van der Waals surface area contributed by atoms with Gasteiger partial charge in [-0.2, -0.15) is 0 Å². The van der Waals surface area contributed by atoms with Crippen LogP contribution in [0.5, 0.6) is 0 Å². The molecule has 1 aromatic rings. The third kappa shape index (κ3) is 6.26. The fraction of sp³-hybridized carbons (Fsp3) is 0.538. The lowest BCUT2D eigenvalue weighted by atomic mass is 10.2. The zero-order valence-electron chi connectivity index (χ0n) is 9.45. The summed E-state index contributed by atoms with van der Waals surface area (Å²) in [6, 6.07) is 10.3. The van der Waals surface area contributed by atoms with Crippen LogP contribution < -0.4 is 0 Å². The molecule has 0 radical (unpaired) electrons. The summed E-state index contributed by atoms with van der Waals surface area (Å²) in [4.78, 5) is 0. The molecule has 1 aromatic carbocycles. The van der Waals surface area contributed by atoms with Crippen molar-refractivity contribution in [2.24, 2.45) is 0 Å². The minimum Gasteiger partial charge on any atom is -0.355 e. The molecule has 84 valence electrons. The summed E-state index contributed by atoms with van der Waals surface area (Å²) in [7, 11) is 0. The molecule has 0 amide bonds. The summed E-state index contributed by atoms with van der Waals surface area (Å²) in [5, 5.41) is 0. The van der Waals surface area contributed by atoms with E-state index in [0.29, 0.717) is 6.79 Å². The second-order valence-electron chi connectivity index (χ2n) is 3.52. The Balaban J connectivity index is 1.93. The SMILES string of the molecule is CCCCOCOCCc1ccccc1. The van der Waals surface area contributed by atoms with Gasteiger partial charge in [-0.1, -0.05) is 43.7 Å². The normalized spacial score (nSPS) is 10.5. The maximum Gasteiger partial charge on any atom is 0.146 e. The van der Waals surface area contributed by atoms with Gasteiger partial charge in [0.25, 0.3) is 0 Å². The predicted molar refractivity (Wildman–Crippen MR) is 61.8 cm³/mol. The van der Waals surface area contributed by atoms with Gasteiger partial charge in [-0.05, 0) is 18.4 Å². The third-order valence-electron chi connectivity index (χ3n) is 2.19. The summed E-state index contributed by atoms with van der Waals surface area (Å²) < 4.78 is 10.7. The first-order chi connectivity index (χ1) is 7.43. The highest BCUT2D eigenvalue weighted by Gasteiger charge is 1.92. The van der Waals surface area contributed by atoms with Gasteiger partial charge in [-0.25, -0.2) is 0 Å². The zero-order chi connectivity index (χ0) is 10.8. The number of ether oxygens (including phenoxy) is 2. The maximum absolute atomic E-state index is 5.36. The molecule has 2 nitrogen and oxygen atoms in total. The molecule has 1 rings (SSSR count). The molecular formula is C13H20O2. The second kappa shape index (κ2) is 8.45. The molecule has 0 unspecified atom stereocenters. The molecule has 0 spiro atoms. The summed E-state index contributed by atoms with van der Waals surface area (Å²) in [5.41, 5.74) is 1.31. The summed E-state index contributed by atoms with van der Waals surface area (Å²) in [5.74, 6) is 0. The highest BCUT2D eigenvalue weighted by Crippen LogP contribution is 1.99. The molecule has 0 fully saturated rings. The quantitative estimate of drug-likeness (QED) is 0.483. The number of hydrogen-bond donors (Lipinski definition) is 0. The van der Waals surface area contributed by atoms with Gasteiger partial charge in [-0.3, -0.25) is 0 Å². The molecule has 0 atom stereocenters. The molecule has 0 heterocycles. The van der Waals surface area contributed by atoms with Gasteiger partial charge in [0, 0.05) is 6.61 Å². The van der Waals surface area contributed by atoms with Crippen molar-refractivity contribution in [1.82, 2.24) is 0 Å². The van der Waals surface area contributed by atoms with Crippen LogP contribution in [0.1, 0.15) is 25.3 Å². The first kappa shape index (κ1) is 12.2. The van der Waals surface area contributed by atoms with Crippen LogP contribution in [0.3, 0.4) is 0 Å². The van der Waals surface area contributed by atoms with Crippen molar-refractivity contribution in [2.75, 3.05) is 20.0 Å². The van der Waals surface area contributed by atoms with Crippen molar-refractivity contribution in [3.05, 3.63) is 35.9 Å². The van der Waals surface area contributed by atoms with E-state index in [1.54, 1.807) is 0 Å². The van der Waals surface area contributed by atoms with Crippen molar-refractivity contribution in [1.29, 1.82) is 0 Å². The molecule has 0 saturated carbocycles. The van der Waals surface area contributed by atoms with E-state index in [1.807, 2.05) is 18.2 Å². The molecule has 0 aromatic heterocycles. The van der Waals surface area contributed by atoms with Crippen LogP contribution in [0.4, 0.5) is 0 Å². The van der Waals surface area contributed by atoms with Crippen molar-refractivity contribution in [2.45, 2.75) is 26.2 Å². The lowest BCUT2D eigenvalue weighted by Crippen LogP contribution is -2.04. The topological polar surface area (TPSA) is 18.5 Å². The fourth-order valence-electron chi connectivity index (χ4n) is 1.26. The third-order valence-corrected chi connectivity index (χ3v) is 2.19. The smallest absolute Gasteiger partial charge is 0.146 e. The number of hydrogen-bond acceptors (Lipinski definition) is 2. The summed E-state index contributed by atoms with van der Waals surface area (Å²) in [6.45, 7) is 4.12. The van der Waals surface area contributed by atoms with E-state index < -0.39 is 0 Å². The number of rotatable bonds is 8. The van der Waals surface area contributed by atoms with E-state index in [4.69, 9.17) is 9.47 Å². The van der Waals surface area contributed by atoms with E-state index in [-0.39, 0.29) is 0 Å². The van der Waals surface area contributed by atoms with E-state index in [0.717, 1.165) is 26.1 Å². The second-order valence-corrected chi connectivity index (χ2v) is 3.52. The molecule has 0 bridgehead atoms. The lowest BCUT2D eigenvalue weighted by molar-refractivity contribution is -0.0533. The van der Waals surface area contributed by atoms with Crippen LogP contribution in [0, 0.1) is 0 Å². The first-order valence-corrected chi connectivity index (χ1v) is 5.63. The van der Waals surface area contributed by atoms with E-state index in [2.05, 4.69) is 19.1 Å². The Morgan fingerprint density at radius 3 is 2.47 bits per heavy atom. The van der Waals surface area contributed by atoms with E-state index >= 15 is 0 Å². The molecule has 0 aliphatic heterocycles. The zero-order valence-corrected chi connectivity index (χ0v) is 9.45. The summed E-state index contributed by atoms with van der Waals surface area (Å²) >= 11 is 0. The average Bonchev–Trinajstić information content (AvgIpc) is 2.29. The minimum atomic E-state index is 0.423. The Morgan fingerprint density at radius 1 is 1.00 bits per heavy atom. The molecule has 0 N–H and O–H groups in total. The van der Waals surface area contributed by atoms with Crippen LogP contribution in [0.2, 0.25) is 0 Å². The number of benzene rings is 1. The highest BCUT2D eigenvalue weighted by molar-refractivity contribution is 5.14. The molecule has 15 heavy (non-hydrogen) atoms. The largest absolute Gasteiger partial charge is 0.355 e. The van der Waals surface area contributed by atoms with E-state index in [9.17, 15) is 0 Å². The van der Waals surface area contributed by atoms with Crippen LogP contribution in [-0.2, 0) is 15.9 Å². The van der Waals surface area contributed by atoms with Gasteiger partial charge >= 0.3 is 0 Å². The lowest BCUT2D eigenvalue weighted by Gasteiger charge is -2.05. The Bertz CT molecular complexity index is 234. The monoisotopic (exact) mass is 208 g/mol. The van der Waals surface area contributed by atoms with Crippen molar-refractivity contribution in [3.63, 3.8) is 0 Å². The van der Waals surface area contributed by atoms with E-state index in [1.165, 1.54) is 12.0 Å². The Morgan fingerprint density at radius 2 is 1.73 bits per heavy atom. The Hall–Kier alpha value is -0.860. The average molecular weight is 208 g/mol. The predicted octanol–water partition coefficient (Wildman–Crippen LogP) is 3.02. The molecule has 0 aliphatic carbocycles. The standard InChI is InChI=1S/C13H20O2/c1-2-3-10-14-12-15-11-9-13-7-5-4-6-8-13/h4-8H,2-3,9-12H2,1H3. The van der Waals surface area contributed by atoms with Gasteiger partial charge < -0.3 is 9.47 Å². The maximum atomic E-state index is 5.36. The Kier molecular flexibility index (Phi) is 6.88. The molecule has 0 aliphatic rings. The van der Waals surface area contributed by atoms with Crippen LogP contribution in [0.25, 0.3) is 0 Å². The molecular weight excluding hydrogens is 188 g/mol. The van der Waals surface area contributed by atoms with Crippen LogP contribution in [0.15, 0.2) is 30.3 Å². The highest BCUT2D eigenvalue weighted by atomic mass is 16.7. The first-order valence-electron chi connectivity index (χ1n) is 5.63. The van der Waals surface area contributed by atoms with Gasteiger partial charge in [0.2, 0.25) is 0 Å². The summed E-state index contributed by atoms with van der Waals surface area (Å²) in [6.07, 6.45) is 3.24. The Labute approximate surface area is 92.2 Å². The van der Waals surface area contributed by atoms with Crippen molar-refractivity contribution in [3.8, 4) is 0 Å². The van der Waals surface area contributed by atoms with Gasteiger partial charge in [0.15, 0.2) is 0 Å². The van der Waals surface area contributed by atoms with Crippen molar-refractivity contribution < 1.29 is 9.47 Å². The fourth-order valence-corrected chi connectivity index (χ4v) is 1.26. The van der Waals surface area contributed by atoms with Gasteiger partial charge in [0.1, 0.15) is 6.79 Å². The molecule has 0 saturated heterocycles. The number of unbranched alkanes of at least 4 members (excludes halogenated alkanes) is 1. The van der Waals surface area contributed by atoms with Crippen LogP contribution in [-0.4, -0.2) is 20.0 Å². The van der Waals surface area contributed by atoms with Crippen molar-refractivity contribution >= 4 is 0 Å². The van der Waals surface area contributed by atoms with Gasteiger partial charge in [-0.15, -0.1) is 0 Å².